The first-order chi connectivity index (χ1) is 11.0. The largest absolute Gasteiger partial charge is 0.504 e. The summed E-state index contributed by atoms with van der Waals surface area (Å²) in [6.45, 7) is 4.11. The van der Waals surface area contributed by atoms with Gasteiger partial charge >= 0.3 is 0 Å². The topological polar surface area (TPSA) is 70.3 Å². The van der Waals surface area contributed by atoms with Gasteiger partial charge in [0.2, 0.25) is 5.78 Å². The van der Waals surface area contributed by atoms with Gasteiger partial charge in [0, 0.05) is 5.56 Å². The SMILES string of the molecule is CCOc1cc(/C=C(\C#N)C(=O)c2cccc(C)c2)ccc1O. The maximum absolute atomic E-state index is 12.4. The predicted octanol–water partition coefficient (Wildman–Crippen LogP) is 3.89. The number of hydrogen-bond acceptors (Lipinski definition) is 4. The van der Waals surface area contributed by atoms with Gasteiger partial charge in [0.1, 0.15) is 11.6 Å². The second-order valence-electron chi connectivity index (χ2n) is 5.03. The highest BCUT2D eigenvalue weighted by atomic mass is 16.5. The summed E-state index contributed by atoms with van der Waals surface area (Å²) in [5, 5.41) is 19.0. The first kappa shape index (κ1) is 16.3. The van der Waals surface area contributed by atoms with Crippen molar-refractivity contribution in [1.82, 2.24) is 0 Å². The van der Waals surface area contributed by atoms with E-state index in [0.717, 1.165) is 5.56 Å². The molecule has 0 aliphatic rings. The van der Waals surface area contributed by atoms with Crippen LogP contribution < -0.4 is 4.74 Å². The second kappa shape index (κ2) is 7.28. The Labute approximate surface area is 135 Å². The Morgan fingerprint density at radius 3 is 2.74 bits per heavy atom. The van der Waals surface area contributed by atoms with Gasteiger partial charge in [-0.2, -0.15) is 5.26 Å². The number of ether oxygens (including phenoxy) is 1. The van der Waals surface area contributed by atoms with Gasteiger partial charge in [0.25, 0.3) is 0 Å². The van der Waals surface area contributed by atoms with Crippen LogP contribution in [0.5, 0.6) is 11.5 Å². The van der Waals surface area contributed by atoms with Gasteiger partial charge in [-0.05, 0) is 43.7 Å². The third-order valence-electron chi connectivity index (χ3n) is 3.24. The Morgan fingerprint density at radius 2 is 2.09 bits per heavy atom. The van der Waals surface area contributed by atoms with Gasteiger partial charge in [0.15, 0.2) is 11.5 Å². The van der Waals surface area contributed by atoms with E-state index < -0.39 is 0 Å². The molecule has 116 valence electrons. The first-order valence-electron chi connectivity index (χ1n) is 7.24. The van der Waals surface area contributed by atoms with Crippen LogP contribution in [-0.4, -0.2) is 17.5 Å². The lowest BCUT2D eigenvalue weighted by molar-refractivity contribution is 0.104. The molecule has 2 rings (SSSR count). The number of nitrogens with zero attached hydrogens (tertiary/aromatic N) is 1. The van der Waals surface area contributed by atoms with Gasteiger partial charge in [-0.1, -0.05) is 29.8 Å². The summed E-state index contributed by atoms with van der Waals surface area (Å²) in [6, 6.07) is 13.7. The Kier molecular flexibility index (Phi) is 5.16. The molecule has 2 aromatic rings. The predicted molar refractivity (Wildman–Crippen MR) is 88.4 cm³/mol. The van der Waals surface area contributed by atoms with Crippen LogP contribution in [0.2, 0.25) is 0 Å². The number of rotatable bonds is 5. The Hall–Kier alpha value is -3.06. The van der Waals surface area contributed by atoms with Crippen molar-refractivity contribution in [3.63, 3.8) is 0 Å². The molecule has 0 radical (unpaired) electrons. The number of aryl methyl sites for hydroxylation is 1. The Morgan fingerprint density at radius 1 is 1.30 bits per heavy atom. The molecule has 2 aromatic carbocycles. The highest BCUT2D eigenvalue weighted by molar-refractivity contribution is 6.14. The second-order valence-corrected chi connectivity index (χ2v) is 5.03. The quantitative estimate of drug-likeness (QED) is 0.517. The zero-order chi connectivity index (χ0) is 16.8. The van der Waals surface area contributed by atoms with E-state index in [4.69, 9.17) is 4.74 Å². The summed E-state index contributed by atoms with van der Waals surface area (Å²) in [4.78, 5) is 12.4. The van der Waals surface area contributed by atoms with E-state index in [9.17, 15) is 15.2 Å². The average Bonchev–Trinajstić information content (AvgIpc) is 2.55. The average molecular weight is 307 g/mol. The normalized spacial score (nSPS) is 10.9. The van der Waals surface area contributed by atoms with Crippen LogP contribution >= 0.6 is 0 Å². The van der Waals surface area contributed by atoms with Gasteiger partial charge in [0.05, 0.1) is 6.61 Å². The number of allylic oxidation sites excluding steroid dienone is 1. The molecule has 4 nitrogen and oxygen atoms in total. The summed E-state index contributed by atoms with van der Waals surface area (Å²) in [5.41, 5.74) is 2.07. The Bertz CT molecular complexity index is 801. The van der Waals surface area contributed by atoms with Crippen LogP contribution in [-0.2, 0) is 0 Å². The molecule has 0 aliphatic heterocycles. The minimum absolute atomic E-state index is 0.0209. The third-order valence-corrected chi connectivity index (χ3v) is 3.24. The molecule has 0 saturated carbocycles. The van der Waals surface area contributed by atoms with E-state index in [1.807, 2.05) is 26.0 Å². The summed E-state index contributed by atoms with van der Waals surface area (Å²) in [6.07, 6.45) is 1.49. The Balaban J connectivity index is 2.37. The number of carbonyl (C=O) groups is 1. The number of benzene rings is 2. The zero-order valence-electron chi connectivity index (χ0n) is 13.0. The molecule has 0 atom stereocenters. The number of phenolic OH excluding ortho intramolecular Hbond substituents is 1. The third kappa shape index (κ3) is 3.98. The van der Waals surface area contributed by atoms with Gasteiger partial charge in [-0.3, -0.25) is 4.79 Å². The minimum Gasteiger partial charge on any atom is -0.504 e. The van der Waals surface area contributed by atoms with E-state index in [1.165, 1.54) is 12.1 Å². The van der Waals surface area contributed by atoms with Crippen molar-refractivity contribution in [2.75, 3.05) is 6.61 Å². The highest BCUT2D eigenvalue weighted by Gasteiger charge is 2.13. The van der Waals surface area contributed by atoms with Gasteiger partial charge < -0.3 is 9.84 Å². The molecule has 0 aliphatic carbocycles. The molecule has 0 saturated heterocycles. The molecule has 0 amide bonds. The smallest absolute Gasteiger partial charge is 0.203 e. The van der Waals surface area contributed by atoms with Crippen LogP contribution in [0.15, 0.2) is 48.0 Å². The lowest BCUT2D eigenvalue weighted by Crippen LogP contribution is -2.02. The van der Waals surface area contributed by atoms with Crippen LogP contribution in [0.25, 0.3) is 6.08 Å². The van der Waals surface area contributed by atoms with Crippen molar-refractivity contribution >= 4 is 11.9 Å². The van der Waals surface area contributed by atoms with Gasteiger partial charge in [-0.25, -0.2) is 0 Å². The molecule has 0 fully saturated rings. The number of phenols is 1. The molecule has 23 heavy (non-hydrogen) atoms. The van der Waals surface area contributed by atoms with Crippen LogP contribution in [0.3, 0.4) is 0 Å². The first-order valence-corrected chi connectivity index (χ1v) is 7.24. The van der Waals surface area contributed by atoms with E-state index in [-0.39, 0.29) is 17.1 Å². The van der Waals surface area contributed by atoms with E-state index in [1.54, 1.807) is 30.3 Å². The number of carbonyl (C=O) groups excluding carboxylic acids is 1. The van der Waals surface area contributed by atoms with Crippen molar-refractivity contribution in [1.29, 1.82) is 5.26 Å². The zero-order valence-corrected chi connectivity index (χ0v) is 13.0. The highest BCUT2D eigenvalue weighted by Crippen LogP contribution is 2.28. The maximum Gasteiger partial charge on any atom is 0.203 e. The maximum atomic E-state index is 12.4. The molecule has 1 N–H and O–H groups in total. The minimum atomic E-state index is -0.331. The van der Waals surface area contributed by atoms with Crippen molar-refractivity contribution in [3.05, 3.63) is 64.7 Å². The molecule has 4 heteroatoms. The van der Waals surface area contributed by atoms with Crippen molar-refractivity contribution in [2.24, 2.45) is 0 Å². The molecular formula is C19H17NO3. The number of hydrogen-bond donors (Lipinski definition) is 1. The lowest BCUT2D eigenvalue weighted by Gasteiger charge is -2.07. The van der Waals surface area contributed by atoms with E-state index in [0.29, 0.717) is 23.5 Å². The summed E-state index contributed by atoms with van der Waals surface area (Å²) in [5.74, 6) is 0.0105. The molecular weight excluding hydrogens is 290 g/mol. The summed E-state index contributed by atoms with van der Waals surface area (Å²) in [7, 11) is 0. The number of ketones is 1. The van der Waals surface area contributed by atoms with Crippen LogP contribution in [0.1, 0.15) is 28.4 Å². The summed E-state index contributed by atoms with van der Waals surface area (Å²) >= 11 is 0. The fourth-order valence-electron chi connectivity index (χ4n) is 2.15. The molecule has 0 unspecified atom stereocenters. The summed E-state index contributed by atoms with van der Waals surface area (Å²) < 4.78 is 5.31. The fourth-order valence-corrected chi connectivity index (χ4v) is 2.15. The monoisotopic (exact) mass is 307 g/mol. The molecule has 0 bridgehead atoms. The van der Waals surface area contributed by atoms with Crippen LogP contribution in [0.4, 0.5) is 0 Å². The van der Waals surface area contributed by atoms with Gasteiger partial charge in [-0.15, -0.1) is 0 Å². The fraction of sp³-hybridized carbons (Fsp3) is 0.158. The molecule has 0 aromatic heterocycles. The van der Waals surface area contributed by atoms with E-state index in [2.05, 4.69) is 0 Å². The number of aromatic hydroxyl groups is 1. The molecule has 0 spiro atoms. The number of Topliss-reactive ketones (excluding diaryl/α,β-unsaturated/α-hetero) is 1. The number of nitriles is 1. The van der Waals surface area contributed by atoms with Crippen molar-refractivity contribution < 1.29 is 14.6 Å². The van der Waals surface area contributed by atoms with Crippen molar-refractivity contribution in [2.45, 2.75) is 13.8 Å². The standard InChI is InChI=1S/C19H17NO3/c1-3-23-18-11-14(7-8-17(18)21)10-16(12-20)19(22)15-6-4-5-13(2)9-15/h4-11,21H,3H2,1-2H3/b16-10+. The lowest BCUT2D eigenvalue weighted by atomic mass is 10.0. The van der Waals surface area contributed by atoms with Crippen LogP contribution in [0, 0.1) is 18.3 Å². The molecule has 0 heterocycles. The van der Waals surface area contributed by atoms with E-state index >= 15 is 0 Å². The van der Waals surface area contributed by atoms with Crippen molar-refractivity contribution in [3.8, 4) is 17.6 Å².